The molecule has 0 fully saturated rings. The monoisotopic (exact) mass is 253 g/mol. The molecular weight excluding hydrogens is 248 g/mol. The van der Waals surface area contributed by atoms with E-state index in [9.17, 15) is 4.39 Å². The van der Waals surface area contributed by atoms with Gasteiger partial charge in [-0.3, -0.25) is 0 Å². The Labute approximate surface area is 71.6 Å². The molecule has 4 heteroatoms. The van der Waals surface area contributed by atoms with Crippen molar-refractivity contribution in [2.24, 2.45) is 0 Å². The van der Waals surface area contributed by atoms with Crippen molar-refractivity contribution in [3.8, 4) is 5.75 Å². The van der Waals surface area contributed by atoms with Gasteiger partial charge in [-0.1, -0.05) is 0 Å². The molecule has 0 atom stereocenters. The molecular formula is C6H5FINO. The lowest BCUT2D eigenvalue weighted by Crippen LogP contribution is -1.92. The van der Waals surface area contributed by atoms with E-state index in [0.29, 0.717) is 9.32 Å². The number of aromatic nitrogens is 1. The number of nitrogens with zero attached hydrogens (tertiary/aromatic N) is 1. The molecule has 2 nitrogen and oxygen atoms in total. The lowest BCUT2D eigenvalue weighted by molar-refractivity contribution is 0.404. The maximum atomic E-state index is 12.6. The lowest BCUT2D eigenvalue weighted by atomic mass is 10.4. The first-order valence-electron chi connectivity index (χ1n) is 2.59. The Hall–Kier alpha value is -0.390. The molecule has 0 aromatic carbocycles. The molecule has 1 rings (SSSR count). The van der Waals surface area contributed by atoms with Crippen molar-refractivity contribution in [3.63, 3.8) is 0 Å². The van der Waals surface area contributed by atoms with Crippen LogP contribution in [0.25, 0.3) is 0 Å². The van der Waals surface area contributed by atoms with Crippen LogP contribution < -0.4 is 4.74 Å². The van der Waals surface area contributed by atoms with E-state index >= 15 is 0 Å². The molecule has 0 N–H and O–H groups in total. The zero-order valence-corrected chi connectivity index (χ0v) is 7.42. The number of hydrogen-bond acceptors (Lipinski definition) is 2. The van der Waals surface area contributed by atoms with Gasteiger partial charge in [-0.25, -0.2) is 4.98 Å². The molecule has 1 aromatic rings. The summed E-state index contributed by atoms with van der Waals surface area (Å²) in [4.78, 5) is 3.43. The summed E-state index contributed by atoms with van der Waals surface area (Å²) in [6.45, 7) is 0. The van der Waals surface area contributed by atoms with E-state index in [0.717, 1.165) is 0 Å². The van der Waals surface area contributed by atoms with E-state index in [1.54, 1.807) is 6.07 Å². The Morgan fingerprint density at radius 3 is 2.90 bits per heavy atom. The predicted octanol–water partition coefficient (Wildman–Crippen LogP) is 1.83. The Morgan fingerprint density at radius 2 is 2.40 bits per heavy atom. The highest BCUT2D eigenvalue weighted by atomic mass is 127. The molecule has 0 aliphatic heterocycles. The number of methoxy groups -OCH3 is 1. The van der Waals surface area contributed by atoms with E-state index < -0.39 is 5.95 Å². The molecule has 0 amide bonds. The summed E-state index contributed by atoms with van der Waals surface area (Å²) in [7, 11) is 1.50. The Balaban J connectivity index is 3.14. The first-order chi connectivity index (χ1) is 4.75. The van der Waals surface area contributed by atoms with Gasteiger partial charge in [0.05, 0.1) is 7.11 Å². The maximum Gasteiger partial charge on any atom is 0.230 e. The second kappa shape index (κ2) is 3.14. The quantitative estimate of drug-likeness (QED) is 0.562. The van der Waals surface area contributed by atoms with Gasteiger partial charge in [-0.15, -0.1) is 0 Å². The second-order valence-electron chi connectivity index (χ2n) is 1.62. The highest BCUT2D eigenvalue weighted by Crippen LogP contribution is 2.20. The molecule has 1 aromatic heterocycles. The number of hydrogen-bond donors (Lipinski definition) is 0. The fourth-order valence-electron chi connectivity index (χ4n) is 0.560. The van der Waals surface area contributed by atoms with Crippen LogP contribution in [0.4, 0.5) is 4.39 Å². The lowest BCUT2D eigenvalue weighted by Gasteiger charge is -2.00. The highest BCUT2D eigenvalue weighted by molar-refractivity contribution is 14.1. The van der Waals surface area contributed by atoms with Crippen LogP contribution in [0, 0.1) is 9.52 Å². The Kier molecular flexibility index (Phi) is 2.42. The molecule has 0 spiro atoms. The average molecular weight is 253 g/mol. The van der Waals surface area contributed by atoms with E-state index in [1.165, 1.54) is 13.3 Å². The van der Waals surface area contributed by atoms with Gasteiger partial charge in [0.2, 0.25) is 5.95 Å². The van der Waals surface area contributed by atoms with Crippen LogP contribution in [0.15, 0.2) is 12.3 Å². The summed E-state index contributed by atoms with van der Waals surface area (Å²) in [5.74, 6) is 0.0352. The van der Waals surface area contributed by atoms with Crippen LogP contribution in [0.5, 0.6) is 5.75 Å². The minimum absolute atomic E-state index is 0.419. The molecule has 0 saturated carbocycles. The van der Waals surface area contributed by atoms with Crippen molar-refractivity contribution in [2.45, 2.75) is 0 Å². The minimum Gasteiger partial charge on any atom is -0.495 e. The van der Waals surface area contributed by atoms with Crippen molar-refractivity contribution >= 4 is 22.6 Å². The molecule has 1 heterocycles. The number of pyridine rings is 1. The summed E-state index contributed by atoms with van der Waals surface area (Å²) < 4.78 is 17.8. The third-order valence-electron chi connectivity index (χ3n) is 1.03. The number of ether oxygens (including phenoxy) is 1. The molecule has 0 radical (unpaired) electrons. The molecule has 54 valence electrons. The van der Waals surface area contributed by atoms with Gasteiger partial charge in [-0.05, 0) is 28.7 Å². The van der Waals surface area contributed by atoms with Crippen LogP contribution in [0.3, 0.4) is 0 Å². The van der Waals surface area contributed by atoms with Gasteiger partial charge in [0.25, 0.3) is 0 Å². The predicted molar refractivity (Wildman–Crippen MR) is 43.5 cm³/mol. The standard InChI is InChI=1S/C6H5FINO/c1-10-4-2-3-9-6(7)5(4)8/h2-3H,1H3. The molecule has 0 aliphatic carbocycles. The zero-order chi connectivity index (χ0) is 7.56. The van der Waals surface area contributed by atoms with E-state index in [2.05, 4.69) is 4.98 Å². The van der Waals surface area contributed by atoms with Gasteiger partial charge < -0.3 is 4.74 Å². The number of rotatable bonds is 1. The third kappa shape index (κ3) is 1.36. The normalized spacial score (nSPS) is 9.50. The van der Waals surface area contributed by atoms with E-state index in [-0.39, 0.29) is 0 Å². The third-order valence-corrected chi connectivity index (χ3v) is 2.01. The van der Waals surface area contributed by atoms with Gasteiger partial charge in [0, 0.05) is 6.20 Å². The van der Waals surface area contributed by atoms with Gasteiger partial charge in [0.15, 0.2) is 0 Å². The van der Waals surface area contributed by atoms with Crippen molar-refractivity contribution in [1.82, 2.24) is 4.98 Å². The molecule has 0 bridgehead atoms. The van der Waals surface area contributed by atoms with Crippen LogP contribution in [0.2, 0.25) is 0 Å². The first kappa shape index (κ1) is 7.71. The van der Waals surface area contributed by atoms with Gasteiger partial charge >= 0.3 is 0 Å². The highest BCUT2D eigenvalue weighted by Gasteiger charge is 2.04. The van der Waals surface area contributed by atoms with Crippen LogP contribution in [-0.4, -0.2) is 12.1 Å². The minimum atomic E-state index is -0.486. The van der Waals surface area contributed by atoms with Crippen LogP contribution >= 0.6 is 22.6 Å². The Morgan fingerprint density at radius 1 is 1.70 bits per heavy atom. The van der Waals surface area contributed by atoms with Crippen molar-refractivity contribution in [2.75, 3.05) is 7.11 Å². The topological polar surface area (TPSA) is 22.1 Å². The molecule has 10 heavy (non-hydrogen) atoms. The van der Waals surface area contributed by atoms with E-state index in [1.807, 2.05) is 22.6 Å². The summed E-state index contributed by atoms with van der Waals surface area (Å²) >= 11 is 1.84. The zero-order valence-electron chi connectivity index (χ0n) is 5.27. The fraction of sp³-hybridized carbons (Fsp3) is 0.167. The van der Waals surface area contributed by atoms with Crippen LogP contribution in [0.1, 0.15) is 0 Å². The first-order valence-corrected chi connectivity index (χ1v) is 3.67. The van der Waals surface area contributed by atoms with Crippen molar-refractivity contribution in [3.05, 3.63) is 21.8 Å². The molecule has 0 aliphatic rings. The second-order valence-corrected chi connectivity index (χ2v) is 2.70. The van der Waals surface area contributed by atoms with Crippen molar-refractivity contribution < 1.29 is 9.13 Å². The summed E-state index contributed by atoms with van der Waals surface area (Å²) in [5, 5.41) is 0. The molecule has 0 saturated heterocycles. The SMILES string of the molecule is COc1ccnc(F)c1I. The summed E-state index contributed by atoms with van der Waals surface area (Å²) in [6, 6.07) is 1.62. The molecule has 0 unspecified atom stereocenters. The maximum absolute atomic E-state index is 12.6. The van der Waals surface area contributed by atoms with Gasteiger partial charge in [-0.2, -0.15) is 4.39 Å². The average Bonchev–Trinajstić information content (AvgIpc) is 1.95. The smallest absolute Gasteiger partial charge is 0.230 e. The van der Waals surface area contributed by atoms with Gasteiger partial charge in [0.1, 0.15) is 9.32 Å². The summed E-state index contributed by atoms with van der Waals surface area (Å²) in [5.41, 5.74) is 0. The summed E-state index contributed by atoms with van der Waals surface area (Å²) in [6.07, 6.45) is 1.37. The van der Waals surface area contributed by atoms with Crippen LogP contribution in [-0.2, 0) is 0 Å². The number of halogens is 2. The van der Waals surface area contributed by atoms with E-state index in [4.69, 9.17) is 4.74 Å². The fourth-order valence-corrected chi connectivity index (χ4v) is 1.10. The van der Waals surface area contributed by atoms with Crippen molar-refractivity contribution in [1.29, 1.82) is 0 Å². The largest absolute Gasteiger partial charge is 0.495 e. The Bertz CT molecular complexity index is 241.